The van der Waals surface area contributed by atoms with Crippen LogP contribution in [0.25, 0.3) is 16.7 Å². The predicted octanol–water partition coefficient (Wildman–Crippen LogP) is 3.31. The second-order valence-corrected chi connectivity index (χ2v) is 6.96. The van der Waals surface area contributed by atoms with Gasteiger partial charge in [-0.15, -0.1) is 10.2 Å². The first-order chi connectivity index (χ1) is 14.0. The van der Waals surface area contributed by atoms with Gasteiger partial charge in [0.1, 0.15) is 11.6 Å². The van der Waals surface area contributed by atoms with E-state index in [2.05, 4.69) is 20.8 Å². The number of aryl methyl sites for hydroxylation is 1. The highest BCUT2D eigenvalue weighted by Gasteiger charge is 2.13. The van der Waals surface area contributed by atoms with Crippen molar-refractivity contribution in [3.8, 4) is 5.75 Å². The van der Waals surface area contributed by atoms with Crippen molar-refractivity contribution in [1.29, 1.82) is 0 Å². The van der Waals surface area contributed by atoms with Crippen molar-refractivity contribution >= 4 is 28.6 Å². The minimum atomic E-state index is -0.380. The molecule has 29 heavy (non-hydrogen) atoms. The minimum absolute atomic E-state index is 0.118. The second-order valence-electron chi connectivity index (χ2n) is 6.96. The normalized spacial score (nSPS) is 11.2. The Morgan fingerprint density at radius 2 is 2.00 bits per heavy atom. The number of ether oxygens (including phenoxy) is 2. The molecule has 2 aromatic heterocycles. The van der Waals surface area contributed by atoms with Crippen LogP contribution in [-0.4, -0.2) is 51.5 Å². The number of alkyl carbamates (subject to hydrolysis) is 1. The van der Waals surface area contributed by atoms with Gasteiger partial charge in [0.05, 0.1) is 23.7 Å². The van der Waals surface area contributed by atoms with Gasteiger partial charge in [-0.05, 0) is 52.7 Å². The van der Waals surface area contributed by atoms with E-state index in [-0.39, 0.29) is 12.2 Å². The van der Waals surface area contributed by atoms with E-state index < -0.39 is 0 Å². The molecule has 9 nitrogen and oxygen atoms in total. The van der Waals surface area contributed by atoms with Crippen LogP contribution in [0.4, 0.5) is 10.6 Å². The van der Waals surface area contributed by atoms with Crippen LogP contribution in [0.15, 0.2) is 18.2 Å². The summed E-state index contributed by atoms with van der Waals surface area (Å²) in [7, 11) is 0. The average molecular weight is 400 g/mol. The molecule has 0 atom stereocenters. The Morgan fingerprint density at radius 3 is 2.76 bits per heavy atom. The molecule has 0 fully saturated rings. The molecule has 2 N–H and O–H groups in total. The molecule has 1 aromatic carbocycles. The maximum atomic E-state index is 11.5. The molecule has 3 aromatic rings. The summed E-state index contributed by atoms with van der Waals surface area (Å²) in [4.78, 5) is 16.2. The molecule has 0 saturated carbocycles. The third-order valence-corrected chi connectivity index (χ3v) is 4.28. The Kier molecular flexibility index (Phi) is 6.69. The molecule has 9 heteroatoms. The largest absolute Gasteiger partial charge is 0.494 e. The number of anilines is 1. The highest BCUT2D eigenvalue weighted by atomic mass is 16.6. The van der Waals surface area contributed by atoms with Crippen LogP contribution in [-0.2, 0) is 4.74 Å². The number of amides is 1. The van der Waals surface area contributed by atoms with Crippen molar-refractivity contribution in [2.75, 3.05) is 25.0 Å². The predicted molar refractivity (Wildman–Crippen MR) is 112 cm³/mol. The third-order valence-electron chi connectivity index (χ3n) is 4.28. The van der Waals surface area contributed by atoms with Gasteiger partial charge in [0, 0.05) is 19.2 Å². The minimum Gasteiger partial charge on any atom is -0.494 e. The van der Waals surface area contributed by atoms with Crippen LogP contribution < -0.4 is 15.4 Å². The summed E-state index contributed by atoms with van der Waals surface area (Å²) < 4.78 is 12.6. The molecule has 1 amide bonds. The Balaban J connectivity index is 1.66. The number of carbonyl (C=O) groups excluding carboxylic acids is 1. The van der Waals surface area contributed by atoms with E-state index in [0.717, 1.165) is 35.4 Å². The van der Waals surface area contributed by atoms with Crippen molar-refractivity contribution in [3.05, 3.63) is 24.0 Å². The van der Waals surface area contributed by atoms with Crippen molar-refractivity contribution in [3.63, 3.8) is 0 Å². The third kappa shape index (κ3) is 5.04. The summed E-state index contributed by atoms with van der Waals surface area (Å²) >= 11 is 0. The lowest BCUT2D eigenvalue weighted by atomic mass is 10.2. The lowest BCUT2D eigenvalue weighted by Gasteiger charge is -2.11. The van der Waals surface area contributed by atoms with Crippen LogP contribution >= 0.6 is 0 Å². The summed E-state index contributed by atoms with van der Waals surface area (Å²) in [6.07, 6.45) is 1.19. The maximum absolute atomic E-state index is 11.5. The molecule has 0 aliphatic rings. The molecule has 0 unspecified atom stereocenters. The first-order valence-corrected chi connectivity index (χ1v) is 9.96. The lowest BCUT2D eigenvalue weighted by Crippen LogP contribution is -2.27. The van der Waals surface area contributed by atoms with Gasteiger partial charge >= 0.3 is 6.09 Å². The van der Waals surface area contributed by atoms with Gasteiger partial charge in [-0.1, -0.05) is 0 Å². The van der Waals surface area contributed by atoms with Crippen molar-refractivity contribution < 1.29 is 14.3 Å². The highest BCUT2D eigenvalue weighted by molar-refractivity contribution is 5.84. The maximum Gasteiger partial charge on any atom is 0.407 e. The fourth-order valence-electron chi connectivity index (χ4n) is 3.03. The highest BCUT2D eigenvalue weighted by Crippen LogP contribution is 2.25. The molecular formula is C20H28N6O3. The first-order valence-electron chi connectivity index (χ1n) is 9.96. The molecule has 0 aliphatic heterocycles. The molecule has 0 radical (unpaired) electrons. The van der Waals surface area contributed by atoms with E-state index >= 15 is 0 Å². The number of hydrogen-bond donors (Lipinski definition) is 2. The molecule has 2 heterocycles. The van der Waals surface area contributed by atoms with Gasteiger partial charge in [0.25, 0.3) is 0 Å². The van der Waals surface area contributed by atoms with Crippen LogP contribution in [0.3, 0.4) is 0 Å². The average Bonchev–Trinajstić information content (AvgIpc) is 3.06. The number of nitrogens with one attached hydrogen (secondary N) is 2. The smallest absolute Gasteiger partial charge is 0.407 e. The zero-order valence-corrected chi connectivity index (χ0v) is 17.4. The first kappa shape index (κ1) is 20.6. The lowest BCUT2D eigenvalue weighted by molar-refractivity contribution is 0.115. The Hall–Kier alpha value is -3.10. The zero-order valence-electron chi connectivity index (χ0n) is 17.4. The number of benzene rings is 1. The number of nitrogens with zero attached hydrogens (tertiary/aromatic N) is 4. The molecule has 0 aliphatic carbocycles. The number of carbonyl (C=O) groups is 1. The topological polar surface area (TPSA) is 103 Å². The second kappa shape index (κ2) is 9.40. The Morgan fingerprint density at radius 1 is 1.21 bits per heavy atom. The SMILES string of the molecule is CCOc1ccc2c(c1)nc(NCCCCNC(=O)OC(C)C)c1nnc(C)n12. The van der Waals surface area contributed by atoms with Gasteiger partial charge in [0.2, 0.25) is 5.65 Å². The van der Waals surface area contributed by atoms with Crippen LogP contribution in [0.1, 0.15) is 39.4 Å². The van der Waals surface area contributed by atoms with E-state index in [1.807, 2.05) is 50.3 Å². The van der Waals surface area contributed by atoms with Crippen molar-refractivity contribution in [1.82, 2.24) is 24.9 Å². The van der Waals surface area contributed by atoms with Gasteiger partial charge in [-0.2, -0.15) is 0 Å². The number of rotatable bonds is 9. The van der Waals surface area contributed by atoms with Crippen LogP contribution in [0, 0.1) is 6.92 Å². The number of hydrogen-bond acceptors (Lipinski definition) is 7. The Bertz CT molecular complexity index is 985. The summed E-state index contributed by atoms with van der Waals surface area (Å²) in [5.74, 6) is 2.26. The fraction of sp³-hybridized carbons (Fsp3) is 0.500. The monoisotopic (exact) mass is 400 g/mol. The van der Waals surface area contributed by atoms with Crippen molar-refractivity contribution in [2.45, 2.75) is 46.6 Å². The quantitative estimate of drug-likeness (QED) is 0.531. The summed E-state index contributed by atoms with van der Waals surface area (Å²) in [5, 5.41) is 14.6. The molecular weight excluding hydrogens is 372 g/mol. The summed E-state index contributed by atoms with van der Waals surface area (Å²) in [5.41, 5.74) is 2.44. The molecule has 3 rings (SSSR count). The number of aromatic nitrogens is 4. The van der Waals surface area contributed by atoms with Crippen LogP contribution in [0.5, 0.6) is 5.75 Å². The summed E-state index contributed by atoms with van der Waals surface area (Å²) in [6.45, 7) is 9.39. The number of unbranched alkanes of at least 4 members (excludes halogenated alkanes) is 1. The van der Waals surface area contributed by atoms with E-state index in [1.54, 1.807) is 0 Å². The van der Waals surface area contributed by atoms with Gasteiger partial charge in [-0.3, -0.25) is 4.40 Å². The van der Waals surface area contributed by atoms with E-state index in [1.165, 1.54) is 0 Å². The standard InChI is InChI=1S/C20H28N6O3/c1-5-28-15-8-9-17-16(12-15)23-18(19-25-24-14(4)26(17)19)21-10-6-7-11-22-20(27)29-13(2)3/h8-9,12-13H,5-7,10-11H2,1-4H3,(H,21,23)(H,22,27). The van der Waals surface area contributed by atoms with Gasteiger partial charge in [-0.25, -0.2) is 9.78 Å². The van der Waals surface area contributed by atoms with E-state index in [4.69, 9.17) is 14.5 Å². The molecule has 0 saturated heterocycles. The van der Waals surface area contributed by atoms with Gasteiger partial charge in [0.15, 0.2) is 5.82 Å². The molecule has 0 spiro atoms. The number of fused-ring (bicyclic) bond motifs is 3. The van der Waals surface area contributed by atoms with Gasteiger partial charge < -0.3 is 20.1 Å². The zero-order chi connectivity index (χ0) is 20.8. The molecule has 156 valence electrons. The fourth-order valence-corrected chi connectivity index (χ4v) is 3.03. The summed E-state index contributed by atoms with van der Waals surface area (Å²) in [6, 6.07) is 5.83. The Labute approximate surface area is 169 Å². The van der Waals surface area contributed by atoms with E-state index in [0.29, 0.717) is 31.2 Å². The molecule has 0 bridgehead atoms. The van der Waals surface area contributed by atoms with E-state index in [9.17, 15) is 4.79 Å². The van der Waals surface area contributed by atoms with Crippen molar-refractivity contribution in [2.24, 2.45) is 0 Å². The van der Waals surface area contributed by atoms with Crippen LogP contribution in [0.2, 0.25) is 0 Å².